The van der Waals surface area contributed by atoms with Gasteiger partial charge in [-0.15, -0.1) is 24.0 Å². The molecule has 2 aliphatic heterocycles. The number of methoxy groups -OCH3 is 1. The zero-order valence-electron chi connectivity index (χ0n) is 18.6. The predicted molar refractivity (Wildman–Crippen MR) is 132 cm³/mol. The van der Waals surface area contributed by atoms with E-state index in [0.717, 1.165) is 50.6 Å². The third kappa shape index (κ3) is 7.10. The molecule has 1 aromatic carbocycles. The zero-order chi connectivity index (χ0) is 19.9. The fourth-order valence-corrected chi connectivity index (χ4v) is 4.95. The first-order valence-corrected chi connectivity index (χ1v) is 10.8. The molecular formula is C23H39IN4O. The normalized spacial score (nSPS) is 25.7. The minimum atomic E-state index is 0. The molecule has 0 saturated carbocycles. The first-order chi connectivity index (χ1) is 13.6. The highest BCUT2D eigenvalue weighted by atomic mass is 127. The van der Waals surface area contributed by atoms with E-state index in [2.05, 4.69) is 58.2 Å². The molecule has 0 aliphatic carbocycles. The Hall–Kier alpha value is -0.860. The summed E-state index contributed by atoms with van der Waals surface area (Å²) in [4.78, 5) is 9.51. The van der Waals surface area contributed by atoms with Gasteiger partial charge in [-0.05, 0) is 35.8 Å². The molecular weight excluding hydrogens is 475 g/mol. The summed E-state index contributed by atoms with van der Waals surface area (Å²) in [5.41, 5.74) is 2.81. The molecule has 5 nitrogen and oxygen atoms in total. The van der Waals surface area contributed by atoms with Crippen molar-refractivity contribution in [3.63, 3.8) is 0 Å². The van der Waals surface area contributed by atoms with Gasteiger partial charge >= 0.3 is 0 Å². The minimum Gasteiger partial charge on any atom is -0.384 e. The van der Waals surface area contributed by atoms with Crippen molar-refractivity contribution < 1.29 is 4.74 Å². The summed E-state index contributed by atoms with van der Waals surface area (Å²) >= 11 is 0. The van der Waals surface area contributed by atoms with Crippen LogP contribution in [0.5, 0.6) is 0 Å². The smallest absolute Gasteiger partial charge is 0.193 e. The third-order valence-electron chi connectivity index (χ3n) is 6.09. The number of likely N-dealkylation sites (tertiary alicyclic amines) is 2. The number of nitrogens with one attached hydrogen (secondary N) is 1. The number of hydrogen-bond donors (Lipinski definition) is 1. The Kier molecular flexibility index (Phi) is 10.2. The van der Waals surface area contributed by atoms with Gasteiger partial charge in [-0.25, -0.2) is 0 Å². The van der Waals surface area contributed by atoms with Crippen molar-refractivity contribution in [1.29, 1.82) is 0 Å². The van der Waals surface area contributed by atoms with E-state index in [1.165, 1.54) is 37.1 Å². The van der Waals surface area contributed by atoms with Gasteiger partial charge in [-0.2, -0.15) is 0 Å². The molecule has 3 unspecified atom stereocenters. The summed E-state index contributed by atoms with van der Waals surface area (Å²) in [5, 5.41) is 3.60. The average Bonchev–Trinajstić information content (AvgIpc) is 3.11. The molecule has 3 atom stereocenters. The highest BCUT2D eigenvalue weighted by Crippen LogP contribution is 2.23. The Morgan fingerprint density at radius 1 is 1.14 bits per heavy atom. The summed E-state index contributed by atoms with van der Waals surface area (Å²) in [6.45, 7) is 12.0. The van der Waals surface area contributed by atoms with Gasteiger partial charge in [-0.3, -0.25) is 9.89 Å². The van der Waals surface area contributed by atoms with Crippen molar-refractivity contribution in [3.05, 3.63) is 35.4 Å². The lowest BCUT2D eigenvalue weighted by molar-refractivity contribution is 0.134. The van der Waals surface area contributed by atoms with Gasteiger partial charge in [0.05, 0.1) is 6.61 Å². The molecule has 2 heterocycles. The van der Waals surface area contributed by atoms with Gasteiger partial charge < -0.3 is 15.0 Å². The molecule has 0 bridgehead atoms. The van der Waals surface area contributed by atoms with Crippen LogP contribution in [0.4, 0.5) is 0 Å². The minimum absolute atomic E-state index is 0. The number of halogens is 1. The molecule has 1 N–H and O–H groups in total. The molecule has 0 amide bonds. The van der Waals surface area contributed by atoms with Crippen molar-refractivity contribution in [2.45, 2.75) is 39.8 Å². The highest BCUT2D eigenvalue weighted by Gasteiger charge is 2.25. The summed E-state index contributed by atoms with van der Waals surface area (Å²) in [6.07, 6.45) is 2.53. The maximum absolute atomic E-state index is 5.33. The van der Waals surface area contributed by atoms with Crippen LogP contribution in [0, 0.1) is 17.8 Å². The van der Waals surface area contributed by atoms with Crippen LogP contribution in [0.25, 0.3) is 0 Å². The van der Waals surface area contributed by atoms with Crippen LogP contribution in [0.1, 0.15) is 37.8 Å². The molecule has 2 aliphatic rings. The van der Waals surface area contributed by atoms with E-state index in [9.17, 15) is 0 Å². The first kappa shape index (κ1) is 24.4. The van der Waals surface area contributed by atoms with Crippen LogP contribution >= 0.6 is 24.0 Å². The van der Waals surface area contributed by atoms with Gasteiger partial charge in [0.1, 0.15) is 0 Å². The number of aliphatic imine (C=N–C) groups is 1. The molecule has 0 radical (unpaired) electrons. The monoisotopic (exact) mass is 514 g/mol. The lowest BCUT2D eigenvalue weighted by Gasteiger charge is -2.35. The SMILES string of the molecule is CN=C(NCc1ccccc1CN1CC(C)CC(C)C1)N1CCC(COC)C1.I. The number of guanidine groups is 1. The number of benzene rings is 1. The lowest BCUT2D eigenvalue weighted by atomic mass is 9.91. The van der Waals surface area contributed by atoms with Crippen molar-refractivity contribution in [1.82, 2.24) is 15.1 Å². The van der Waals surface area contributed by atoms with E-state index in [-0.39, 0.29) is 24.0 Å². The molecule has 2 fully saturated rings. The molecule has 3 rings (SSSR count). The van der Waals surface area contributed by atoms with E-state index in [1.807, 2.05) is 7.05 Å². The summed E-state index contributed by atoms with van der Waals surface area (Å²) in [7, 11) is 3.67. The first-order valence-electron chi connectivity index (χ1n) is 10.8. The van der Waals surface area contributed by atoms with Gasteiger partial charge in [-0.1, -0.05) is 38.1 Å². The Morgan fingerprint density at radius 2 is 1.83 bits per heavy atom. The number of hydrogen-bond acceptors (Lipinski definition) is 3. The molecule has 164 valence electrons. The Bertz CT molecular complexity index is 644. The van der Waals surface area contributed by atoms with E-state index < -0.39 is 0 Å². The van der Waals surface area contributed by atoms with Crippen LogP contribution < -0.4 is 5.32 Å². The molecule has 2 saturated heterocycles. The maximum atomic E-state index is 5.33. The van der Waals surface area contributed by atoms with Crippen molar-refractivity contribution >= 4 is 29.9 Å². The second-order valence-electron chi connectivity index (χ2n) is 8.87. The maximum Gasteiger partial charge on any atom is 0.193 e. The zero-order valence-corrected chi connectivity index (χ0v) is 20.9. The summed E-state index contributed by atoms with van der Waals surface area (Å²) in [5.74, 6) is 3.21. The Labute approximate surface area is 194 Å². The van der Waals surface area contributed by atoms with Crippen LogP contribution in [-0.4, -0.2) is 62.7 Å². The predicted octanol–water partition coefficient (Wildman–Crippen LogP) is 3.83. The van der Waals surface area contributed by atoms with Crippen molar-refractivity contribution in [3.8, 4) is 0 Å². The number of ether oxygens (including phenoxy) is 1. The Balaban J connectivity index is 0.00000300. The molecule has 29 heavy (non-hydrogen) atoms. The van der Waals surface area contributed by atoms with E-state index in [4.69, 9.17) is 4.74 Å². The fourth-order valence-electron chi connectivity index (χ4n) is 4.95. The quantitative estimate of drug-likeness (QED) is 0.356. The van der Waals surface area contributed by atoms with E-state index in [0.29, 0.717) is 5.92 Å². The van der Waals surface area contributed by atoms with Gasteiger partial charge in [0.2, 0.25) is 0 Å². The lowest BCUT2D eigenvalue weighted by Crippen LogP contribution is -2.40. The van der Waals surface area contributed by atoms with Crippen LogP contribution in [-0.2, 0) is 17.8 Å². The largest absolute Gasteiger partial charge is 0.384 e. The third-order valence-corrected chi connectivity index (χ3v) is 6.09. The highest BCUT2D eigenvalue weighted by molar-refractivity contribution is 14.0. The van der Waals surface area contributed by atoms with E-state index in [1.54, 1.807) is 7.11 Å². The second-order valence-corrected chi connectivity index (χ2v) is 8.87. The van der Waals surface area contributed by atoms with Gasteiger partial charge in [0.15, 0.2) is 5.96 Å². The molecule has 1 aromatic rings. The van der Waals surface area contributed by atoms with Gasteiger partial charge in [0, 0.05) is 59.3 Å². The van der Waals surface area contributed by atoms with Crippen LogP contribution in [0.3, 0.4) is 0 Å². The summed E-state index contributed by atoms with van der Waals surface area (Å²) in [6, 6.07) is 8.85. The molecule has 6 heteroatoms. The molecule has 0 aromatic heterocycles. The Morgan fingerprint density at radius 3 is 2.48 bits per heavy atom. The number of nitrogens with zero attached hydrogens (tertiary/aromatic N) is 3. The summed E-state index contributed by atoms with van der Waals surface area (Å²) < 4.78 is 5.33. The second kappa shape index (κ2) is 12.1. The number of piperidine rings is 1. The van der Waals surface area contributed by atoms with E-state index >= 15 is 0 Å². The van der Waals surface area contributed by atoms with Gasteiger partial charge in [0.25, 0.3) is 0 Å². The number of rotatable bonds is 6. The van der Waals surface area contributed by atoms with Crippen molar-refractivity contribution in [2.75, 3.05) is 46.9 Å². The standard InChI is InChI=1S/C23H38N4O.HI/c1-18-11-19(2)14-26(13-18)16-22-8-6-5-7-21(22)12-25-23(24-3)27-10-9-20(15-27)17-28-4;/h5-8,18-20H,9-17H2,1-4H3,(H,24,25);1H. The van der Waals surface area contributed by atoms with Crippen LogP contribution in [0.15, 0.2) is 29.3 Å². The van der Waals surface area contributed by atoms with Crippen molar-refractivity contribution in [2.24, 2.45) is 22.7 Å². The average molecular weight is 514 g/mol. The van der Waals surface area contributed by atoms with Crippen LogP contribution in [0.2, 0.25) is 0 Å². The fraction of sp³-hybridized carbons (Fsp3) is 0.696. The topological polar surface area (TPSA) is 40.1 Å². The molecule has 0 spiro atoms.